The molecule has 0 bridgehead atoms. The lowest BCUT2D eigenvalue weighted by Gasteiger charge is -2.35. The summed E-state index contributed by atoms with van der Waals surface area (Å²) >= 11 is 0. The average molecular weight is 448 g/mol. The number of aromatic nitrogens is 2. The number of hydrogen-bond acceptors (Lipinski definition) is 5. The van der Waals surface area contributed by atoms with Crippen molar-refractivity contribution in [2.24, 2.45) is 11.8 Å². The van der Waals surface area contributed by atoms with Crippen molar-refractivity contribution >= 4 is 11.7 Å². The highest BCUT2D eigenvalue weighted by molar-refractivity contribution is 5.95. The monoisotopic (exact) mass is 448 g/mol. The van der Waals surface area contributed by atoms with Crippen LogP contribution >= 0.6 is 0 Å². The van der Waals surface area contributed by atoms with Crippen LogP contribution < -0.4 is 10.1 Å². The van der Waals surface area contributed by atoms with Crippen molar-refractivity contribution in [1.82, 2.24) is 14.9 Å². The number of fused-ring (bicyclic) bond motifs is 1. The third kappa shape index (κ3) is 4.97. The van der Waals surface area contributed by atoms with Crippen molar-refractivity contribution in [2.45, 2.75) is 45.3 Å². The molecule has 1 amide bonds. The molecule has 2 aromatic heterocycles. The molecule has 3 heterocycles. The van der Waals surface area contributed by atoms with E-state index in [1.54, 1.807) is 6.07 Å². The zero-order valence-corrected chi connectivity index (χ0v) is 18.2. The number of ether oxygens (including phenoxy) is 1. The summed E-state index contributed by atoms with van der Waals surface area (Å²) in [5.41, 5.74) is 0.265. The van der Waals surface area contributed by atoms with E-state index in [4.69, 9.17) is 4.74 Å². The standard InChI is InChI=1S/C23H27F3N4O2/c1-3-8-32-19-6-4-14(2)29-21(19)22(31)30-13-16-9-15(16)10-18(30)12-28-20-7-5-17(11-27-20)23(24,25)26/h4-7,11,15-16,18H,3,8-10,12-13H2,1-2H3,(H,27,28)/t15-,16+,18+/m1/s1. The van der Waals surface area contributed by atoms with Gasteiger partial charge >= 0.3 is 6.18 Å². The molecule has 2 aromatic rings. The predicted octanol–water partition coefficient (Wildman–Crippen LogP) is 4.56. The SMILES string of the molecule is CCCOc1ccc(C)nc1C(=O)N1C[C@@H]2C[C@@H]2C[C@H]1CNc1ccc(C(F)(F)F)cn1. The van der Waals surface area contributed by atoms with Gasteiger partial charge < -0.3 is 15.0 Å². The largest absolute Gasteiger partial charge is 0.491 e. The van der Waals surface area contributed by atoms with E-state index in [9.17, 15) is 18.0 Å². The van der Waals surface area contributed by atoms with Crippen LogP contribution in [0.2, 0.25) is 0 Å². The Bertz CT molecular complexity index is 965. The summed E-state index contributed by atoms with van der Waals surface area (Å²) in [5, 5.41) is 3.10. The number of carbonyl (C=O) groups excluding carboxylic acids is 1. The first kappa shape index (κ1) is 22.4. The lowest BCUT2D eigenvalue weighted by atomic mass is 10.0. The molecule has 6 nitrogen and oxygen atoms in total. The van der Waals surface area contributed by atoms with Crippen LogP contribution in [-0.2, 0) is 6.18 Å². The number of halogens is 3. The van der Waals surface area contributed by atoms with E-state index in [-0.39, 0.29) is 11.9 Å². The summed E-state index contributed by atoms with van der Waals surface area (Å²) in [5.74, 6) is 1.76. The van der Waals surface area contributed by atoms with E-state index >= 15 is 0 Å². The molecule has 32 heavy (non-hydrogen) atoms. The van der Waals surface area contributed by atoms with Gasteiger partial charge in [0.2, 0.25) is 0 Å². The lowest BCUT2D eigenvalue weighted by molar-refractivity contribution is -0.137. The van der Waals surface area contributed by atoms with Gasteiger partial charge in [0.25, 0.3) is 5.91 Å². The van der Waals surface area contributed by atoms with Gasteiger partial charge in [-0.05, 0) is 62.3 Å². The van der Waals surface area contributed by atoms with Crippen LogP contribution in [0.3, 0.4) is 0 Å². The number of nitrogens with one attached hydrogen (secondary N) is 1. The second kappa shape index (κ2) is 8.96. The highest BCUT2D eigenvalue weighted by Crippen LogP contribution is 2.47. The van der Waals surface area contributed by atoms with E-state index in [1.165, 1.54) is 6.07 Å². The summed E-state index contributed by atoms with van der Waals surface area (Å²) in [6.45, 7) is 5.39. The molecule has 1 saturated heterocycles. The van der Waals surface area contributed by atoms with E-state index < -0.39 is 11.7 Å². The van der Waals surface area contributed by atoms with Crippen molar-refractivity contribution in [3.05, 3.63) is 47.4 Å². The Morgan fingerprint density at radius 3 is 2.72 bits per heavy atom. The maximum Gasteiger partial charge on any atom is 0.417 e. The van der Waals surface area contributed by atoms with Crippen LogP contribution in [0.25, 0.3) is 0 Å². The molecule has 1 N–H and O–H groups in total. The van der Waals surface area contributed by atoms with Gasteiger partial charge in [-0.1, -0.05) is 6.92 Å². The quantitative estimate of drug-likeness (QED) is 0.673. The second-order valence-electron chi connectivity index (χ2n) is 8.56. The Labute approximate surface area is 185 Å². The molecule has 2 aliphatic rings. The number of piperidine rings is 1. The van der Waals surface area contributed by atoms with Gasteiger partial charge in [-0.25, -0.2) is 9.97 Å². The van der Waals surface area contributed by atoms with Gasteiger partial charge in [-0.15, -0.1) is 0 Å². The minimum absolute atomic E-state index is 0.100. The third-order valence-corrected chi connectivity index (χ3v) is 6.05. The number of pyridine rings is 2. The topological polar surface area (TPSA) is 67.3 Å². The molecule has 4 rings (SSSR count). The molecule has 1 saturated carbocycles. The van der Waals surface area contributed by atoms with Crippen LogP contribution in [0.4, 0.5) is 19.0 Å². The number of rotatable bonds is 7. The Hall–Kier alpha value is -2.84. The van der Waals surface area contributed by atoms with Crippen molar-refractivity contribution in [1.29, 1.82) is 0 Å². The summed E-state index contributed by atoms with van der Waals surface area (Å²) in [4.78, 5) is 23.7. The minimum Gasteiger partial charge on any atom is -0.491 e. The number of alkyl halides is 3. The Kier molecular flexibility index (Phi) is 6.26. The van der Waals surface area contributed by atoms with Gasteiger partial charge in [0.05, 0.1) is 12.2 Å². The average Bonchev–Trinajstić information content (AvgIpc) is 3.53. The summed E-state index contributed by atoms with van der Waals surface area (Å²) in [6, 6.07) is 5.83. The maximum absolute atomic E-state index is 13.5. The first-order chi connectivity index (χ1) is 15.3. The summed E-state index contributed by atoms with van der Waals surface area (Å²) in [6.07, 6.45) is -0.837. The highest BCUT2D eigenvalue weighted by Gasteiger charge is 2.47. The van der Waals surface area contributed by atoms with Crippen molar-refractivity contribution in [2.75, 3.05) is 25.0 Å². The third-order valence-electron chi connectivity index (χ3n) is 6.05. The Balaban J connectivity index is 1.49. The lowest BCUT2D eigenvalue weighted by Crippen LogP contribution is -2.48. The zero-order chi connectivity index (χ0) is 22.9. The van der Waals surface area contributed by atoms with Gasteiger partial charge in [-0.2, -0.15) is 13.2 Å². The predicted molar refractivity (Wildman–Crippen MR) is 114 cm³/mol. The van der Waals surface area contributed by atoms with Crippen molar-refractivity contribution < 1.29 is 22.7 Å². The van der Waals surface area contributed by atoms with Gasteiger partial charge in [0.1, 0.15) is 5.82 Å². The minimum atomic E-state index is -4.42. The fraction of sp³-hybridized carbons (Fsp3) is 0.522. The molecule has 9 heteroatoms. The number of amides is 1. The molecule has 0 aromatic carbocycles. The number of aryl methyl sites for hydroxylation is 1. The Morgan fingerprint density at radius 1 is 1.22 bits per heavy atom. The first-order valence-corrected chi connectivity index (χ1v) is 10.9. The molecule has 1 aliphatic heterocycles. The first-order valence-electron chi connectivity index (χ1n) is 10.9. The molecular formula is C23H27F3N4O2. The van der Waals surface area contributed by atoms with E-state index in [1.807, 2.05) is 24.8 Å². The molecule has 1 aliphatic carbocycles. The number of hydrogen-bond donors (Lipinski definition) is 1. The summed E-state index contributed by atoms with van der Waals surface area (Å²) < 4.78 is 44.1. The van der Waals surface area contributed by atoms with E-state index in [0.717, 1.165) is 37.2 Å². The van der Waals surface area contributed by atoms with E-state index in [0.29, 0.717) is 48.8 Å². The van der Waals surface area contributed by atoms with Crippen LogP contribution in [0.5, 0.6) is 5.75 Å². The highest BCUT2D eigenvalue weighted by atomic mass is 19.4. The number of nitrogens with zero attached hydrogens (tertiary/aromatic N) is 3. The number of anilines is 1. The summed E-state index contributed by atoms with van der Waals surface area (Å²) in [7, 11) is 0. The van der Waals surface area contributed by atoms with E-state index in [2.05, 4.69) is 15.3 Å². The zero-order valence-electron chi connectivity index (χ0n) is 18.2. The van der Waals surface area contributed by atoms with Crippen LogP contribution in [0, 0.1) is 18.8 Å². The van der Waals surface area contributed by atoms with Crippen molar-refractivity contribution in [3.63, 3.8) is 0 Å². The van der Waals surface area contributed by atoms with Crippen LogP contribution in [0.15, 0.2) is 30.5 Å². The van der Waals surface area contributed by atoms with Crippen LogP contribution in [0.1, 0.15) is 47.9 Å². The number of likely N-dealkylation sites (tertiary alicyclic amines) is 1. The fourth-order valence-corrected chi connectivity index (χ4v) is 4.19. The maximum atomic E-state index is 13.5. The normalized spacial score (nSPS) is 22.3. The molecule has 0 unspecified atom stereocenters. The fourth-order valence-electron chi connectivity index (χ4n) is 4.19. The molecule has 2 fully saturated rings. The van der Waals surface area contributed by atoms with Crippen molar-refractivity contribution in [3.8, 4) is 5.75 Å². The molecule has 3 atom stereocenters. The molecule has 172 valence electrons. The van der Waals surface area contributed by atoms with Crippen LogP contribution in [-0.4, -0.2) is 46.5 Å². The molecule has 0 spiro atoms. The molecule has 0 radical (unpaired) electrons. The number of carbonyl (C=O) groups is 1. The second-order valence-corrected chi connectivity index (χ2v) is 8.56. The Morgan fingerprint density at radius 2 is 2.03 bits per heavy atom. The smallest absolute Gasteiger partial charge is 0.417 e. The van der Waals surface area contributed by atoms with Gasteiger partial charge in [0, 0.05) is 31.0 Å². The van der Waals surface area contributed by atoms with Gasteiger partial charge in [0.15, 0.2) is 11.4 Å². The molecular weight excluding hydrogens is 421 g/mol. The van der Waals surface area contributed by atoms with Gasteiger partial charge in [-0.3, -0.25) is 4.79 Å².